The number of fused-ring (bicyclic) bond motifs is 3. The van der Waals surface area contributed by atoms with Crippen LogP contribution in [0.5, 0.6) is 5.75 Å². The molecule has 40 heavy (non-hydrogen) atoms. The van der Waals surface area contributed by atoms with Crippen LogP contribution < -0.4 is 10.1 Å². The van der Waals surface area contributed by atoms with E-state index in [1.165, 1.54) is 0 Å². The summed E-state index contributed by atoms with van der Waals surface area (Å²) in [6.07, 6.45) is 2.81. The van der Waals surface area contributed by atoms with Gasteiger partial charge in [-0.05, 0) is 85.5 Å². The Morgan fingerprint density at radius 2 is 1.75 bits per heavy atom. The molecule has 5 aromatic rings. The number of carbonyl (C=O) groups excluding carboxylic acids is 1. The number of methoxy groups -OCH3 is 1. The molecule has 0 saturated carbocycles. The number of amides is 2. The van der Waals surface area contributed by atoms with E-state index in [4.69, 9.17) is 9.84 Å². The number of benzene rings is 3. The van der Waals surface area contributed by atoms with Crippen molar-refractivity contribution >= 4 is 11.7 Å². The van der Waals surface area contributed by atoms with Crippen LogP contribution in [-0.2, 0) is 13.0 Å². The Labute approximate surface area is 234 Å². The first kappa shape index (κ1) is 25.5. The van der Waals surface area contributed by atoms with Crippen LogP contribution in [0.1, 0.15) is 46.6 Å². The van der Waals surface area contributed by atoms with E-state index in [1.807, 2.05) is 78.0 Å². The zero-order chi connectivity index (χ0) is 27.8. The van der Waals surface area contributed by atoms with Crippen LogP contribution in [0.3, 0.4) is 0 Å². The van der Waals surface area contributed by atoms with Gasteiger partial charge in [-0.25, -0.2) is 9.48 Å². The average Bonchev–Trinajstić information content (AvgIpc) is 3.54. The molecule has 7 nitrogen and oxygen atoms in total. The second-order valence-electron chi connectivity index (χ2n) is 10.3. The number of urea groups is 1. The predicted octanol–water partition coefficient (Wildman–Crippen LogP) is 6.99. The van der Waals surface area contributed by atoms with Crippen molar-refractivity contribution < 1.29 is 9.53 Å². The molecular formula is C33H33N5O2. The lowest BCUT2D eigenvalue weighted by Gasteiger charge is -2.31. The number of rotatable bonds is 5. The summed E-state index contributed by atoms with van der Waals surface area (Å²) in [7, 11) is 1.66. The number of nitrogens with zero attached hydrogens (tertiary/aromatic N) is 4. The third kappa shape index (κ3) is 4.53. The first-order valence-electron chi connectivity index (χ1n) is 13.6. The normalized spacial score (nSPS) is 14.3. The minimum absolute atomic E-state index is 0.173. The zero-order valence-corrected chi connectivity index (χ0v) is 23.3. The fraction of sp³-hybridized carbons (Fsp3) is 0.212. The summed E-state index contributed by atoms with van der Waals surface area (Å²) >= 11 is 0. The van der Waals surface area contributed by atoms with E-state index in [9.17, 15) is 4.79 Å². The summed E-state index contributed by atoms with van der Waals surface area (Å²) < 4.78 is 9.77. The van der Waals surface area contributed by atoms with E-state index in [0.29, 0.717) is 6.54 Å². The molecule has 1 unspecified atom stereocenters. The number of hydrogen-bond acceptors (Lipinski definition) is 3. The topological polar surface area (TPSA) is 64.3 Å². The molecule has 202 valence electrons. The molecule has 2 amide bonds. The van der Waals surface area contributed by atoms with Gasteiger partial charge in [0.05, 0.1) is 36.8 Å². The summed E-state index contributed by atoms with van der Waals surface area (Å²) in [6, 6.07) is 27.8. The van der Waals surface area contributed by atoms with E-state index in [-0.39, 0.29) is 12.1 Å². The van der Waals surface area contributed by atoms with Gasteiger partial charge in [0.15, 0.2) is 0 Å². The van der Waals surface area contributed by atoms with Crippen molar-refractivity contribution in [3.05, 3.63) is 125 Å². The molecule has 1 atom stereocenters. The lowest BCUT2D eigenvalue weighted by atomic mass is 10.0. The lowest BCUT2D eigenvalue weighted by Crippen LogP contribution is -2.38. The molecule has 7 heteroatoms. The first-order valence-corrected chi connectivity index (χ1v) is 13.6. The van der Waals surface area contributed by atoms with Crippen molar-refractivity contribution in [3.63, 3.8) is 0 Å². The summed E-state index contributed by atoms with van der Waals surface area (Å²) in [5.41, 5.74) is 7.90. The lowest BCUT2D eigenvalue weighted by molar-refractivity contribution is 0.194. The van der Waals surface area contributed by atoms with E-state index in [1.54, 1.807) is 7.11 Å². The van der Waals surface area contributed by atoms with Gasteiger partial charge in [0.1, 0.15) is 11.6 Å². The van der Waals surface area contributed by atoms with E-state index in [2.05, 4.69) is 53.3 Å². The smallest absolute Gasteiger partial charge is 0.322 e. The van der Waals surface area contributed by atoms with Crippen LogP contribution in [0.2, 0.25) is 0 Å². The van der Waals surface area contributed by atoms with Crippen molar-refractivity contribution in [1.82, 2.24) is 19.2 Å². The molecule has 0 saturated heterocycles. The summed E-state index contributed by atoms with van der Waals surface area (Å²) in [6.45, 7) is 6.58. The van der Waals surface area contributed by atoms with Gasteiger partial charge in [-0.1, -0.05) is 43.3 Å². The zero-order valence-electron chi connectivity index (χ0n) is 23.3. The van der Waals surface area contributed by atoms with Crippen LogP contribution in [0.25, 0.3) is 11.5 Å². The molecule has 0 fully saturated rings. The van der Waals surface area contributed by atoms with Gasteiger partial charge in [0.25, 0.3) is 0 Å². The quantitative estimate of drug-likeness (QED) is 0.266. The maximum Gasteiger partial charge on any atom is 0.322 e. The minimum atomic E-state index is -0.364. The van der Waals surface area contributed by atoms with Gasteiger partial charge in [-0.15, -0.1) is 0 Å². The van der Waals surface area contributed by atoms with Gasteiger partial charge in [-0.3, -0.25) is 0 Å². The number of ether oxygens (including phenoxy) is 1. The second kappa shape index (κ2) is 10.4. The third-order valence-electron chi connectivity index (χ3n) is 7.45. The van der Waals surface area contributed by atoms with Gasteiger partial charge < -0.3 is 19.5 Å². The minimum Gasteiger partial charge on any atom is -0.497 e. The van der Waals surface area contributed by atoms with Crippen molar-refractivity contribution in [1.29, 1.82) is 0 Å². The second-order valence-corrected chi connectivity index (χ2v) is 10.3. The number of hydrogen-bond donors (Lipinski definition) is 1. The Hall–Kier alpha value is -4.78. The maximum absolute atomic E-state index is 14.2. The molecule has 1 aliphatic heterocycles. The van der Waals surface area contributed by atoms with Crippen molar-refractivity contribution in [2.24, 2.45) is 0 Å². The molecule has 2 aromatic heterocycles. The molecule has 3 heterocycles. The molecule has 0 bridgehead atoms. The number of nitrogens with one attached hydrogen (secondary N) is 1. The predicted molar refractivity (Wildman–Crippen MR) is 158 cm³/mol. The molecule has 0 radical (unpaired) electrons. The van der Waals surface area contributed by atoms with Gasteiger partial charge >= 0.3 is 6.03 Å². The Morgan fingerprint density at radius 3 is 2.48 bits per heavy atom. The molecular weight excluding hydrogens is 498 g/mol. The SMILES string of the molecule is CCc1nn(-c2ccccc2)c2c1CN(C(=O)Nc1cc(C)cc(C)c1)C(c1cccc(OC)c1)c1cccn1-2. The Morgan fingerprint density at radius 1 is 0.975 bits per heavy atom. The molecule has 0 aliphatic carbocycles. The number of carbonyl (C=O) groups is 1. The highest BCUT2D eigenvalue weighted by Gasteiger charge is 2.36. The van der Waals surface area contributed by atoms with Crippen LogP contribution in [0.4, 0.5) is 10.5 Å². The highest BCUT2D eigenvalue weighted by atomic mass is 16.5. The van der Waals surface area contributed by atoms with E-state index in [0.717, 1.165) is 63.0 Å². The van der Waals surface area contributed by atoms with Crippen molar-refractivity contribution in [3.8, 4) is 17.3 Å². The third-order valence-corrected chi connectivity index (χ3v) is 7.45. The number of aromatic nitrogens is 3. The standard InChI is InChI=1S/C33H33N5O2/c1-5-29-28-21-37(33(39)34-25-18-22(2)17-23(3)19-25)31(24-11-9-14-27(20-24)40-4)30-15-10-16-36(30)32(28)38(35-29)26-12-7-6-8-13-26/h6-20,31H,5,21H2,1-4H3,(H,34,39). The Bertz CT molecular complexity index is 1660. The molecule has 6 rings (SSSR count). The van der Waals surface area contributed by atoms with Crippen LogP contribution in [0.15, 0.2) is 91.1 Å². The number of para-hydroxylation sites is 1. The highest BCUT2D eigenvalue weighted by Crippen LogP contribution is 2.39. The monoisotopic (exact) mass is 531 g/mol. The fourth-order valence-electron chi connectivity index (χ4n) is 5.75. The summed E-state index contributed by atoms with van der Waals surface area (Å²) in [5.74, 6) is 1.70. The Balaban J connectivity index is 1.55. The summed E-state index contributed by atoms with van der Waals surface area (Å²) in [5, 5.41) is 8.24. The molecule has 3 aromatic carbocycles. The average molecular weight is 532 g/mol. The van der Waals surface area contributed by atoms with Gasteiger partial charge in [0, 0.05) is 17.4 Å². The number of anilines is 1. The molecule has 0 spiro atoms. The van der Waals surface area contributed by atoms with Crippen LogP contribution in [0, 0.1) is 13.8 Å². The van der Waals surface area contributed by atoms with Gasteiger partial charge in [-0.2, -0.15) is 5.10 Å². The fourth-order valence-corrected chi connectivity index (χ4v) is 5.75. The maximum atomic E-state index is 14.2. The van der Waals surface area contributed by atoms with E-state index >= 15 is 0 Å². The Kier molecular flexibility index (Phi) is 6.64. The van der Waals surface area contributed by atoms with Crippen LogP contribution >= 0.6 is 0 Å². The largest absolute Gasteiger partial charge is 0.497 e. The molecule has 1 N–H and O–H groups in total. The van der Waals surface area contributed by atoms with Gasteiger partial charge in [0.2, 0.25) is 0 Å². The molecule has 1 aliphatic rings. The highest BCUT2D eigenvalue weighted by molar-refractivity contribution is 5.90. The van der Waals surface area contributed by atoms with E-state index < -0.39 is 0 Å². The van der Waals surface area contributed by atoms with Crippen molar-refractivity contribution in [2.75, 3.05) is 12.4 Å². The first-order chi connectivity index (χ1) is 19.5. The van der Waals surface area contributed by atoms with Crippen LogP contribution in [-0.4, -0.2) is 32.4 Å². The summed E-state index contributed by atoms with van der Waals surface area (Å²) in [4.78, 5) is 16.2. The van der Waals surface area contributed by atoms with Crippen molar-refractivity contribution in [2.45, 2.75) is 39.8 Å². The number of aryl methyl sites for hydroxylation is 3.